The van der Waals surface area contributed by atoms with Crippen molar-refractivity contribution in [1.29, 1.82) is 0 Å². The van der Waals surface area contributed by atoms with Gasteiger partial charge < -0.3 is 4.74 Å². The van der Waals surface area contributed by atoms with E-state index < -0.39 is 23.2 Å². The first-order valence-electron chi connectivity index (χ1n) is 11.0. The first kappa shape index (κ1) is 23.3. The summed E-state index contributed by atoms with van der Waals surface area (Å²) in [7, 11) is 0. The molecule has 0 saturated heterocycles. The summed E-state index contributed by atoms with van der Waals surface area (Å²) in [4.78, 5) is 12.5. The number of benzene rings is 4. The van der Waals surface area contributed by atoms with Crippen molar-refractivity contribution in [2.24, 2.45) is 0 Å². The zero-order chi connectivity index (χ0) is 24.2. The molecule has 0 amide bonds. The van der Waals surface area contributed by atoms with Crippen molar-refractivity contribution >= 4 is 5.97 Å². The number of aryl methyl sites for hydroxylation is 2. The molecule has 0 radical (unpaired) electrons. The molecule has 0 aromatic heterocycles. The van der Waals surface area contributed by atoms with E-state index >= 15 is 0 Å². The maximum atomic E-state index is 14.8. The third-order valence-electron chi connectivity index (χ3n) is 5.61. The Hall–Kier alpha value is -3.86. The first-order valence-corrected chi connectivity index (χ1v) is 11.0. The van der Waals surface area contributed by atoms with Crippen LogP contribution in [0.4, 0.5) is 13.2 Å². The van der Waals surface area contributed by atoms with Crippen molar-refractivity contribution in [2.45, 2.75) is 26.7 Å². The largest absolute Gasteiger partial charge is 0.423 e. The van der Waals surface area contributed by atoms with Crippen LogP contribution >= 0.6 is 0 Å². The Morgan fingerprint density at radius 2 is 1.38 bits per heavy atom. The Labute approximate surface area is 196 Å². The molecule has 0 bridgehead atoms. The van der Waals surface area contributed by atoms with Crippen molar-refractivity contribution in [3.8, 4) is 28.0 Å². The van der Waals surface area contributed by atoms with Crippen LogP contribution < -0.4 is 4.74 Å². The van der Waals surface area contributed by atoms with E-state index in [2.05, 4.69) is 6.92 Å². The zero-order valence-corrected chi connectivity index (χ0v) is 18.9. The summed E-state index contributed by atoms with van der Waals surface area (Å²) < 4.78 is 49.0. The number of halogens is 3. The SMILES string of the molecule is CCCc1ccc(-c2ccc(C(=O)Oc3ccc(-c4ccc(C)cc4F)cc3)c(F)c2F)cc1. The summed E-state index contributed by atoms with van der Waals surface area (Å²) in [5, 5.41) is 0. The van der Waals surface area contributed by atoms with Crippen LogP contribution in [0, 0.1) is 24.4 Å². The van der Waals surface area contributed by atoms with Crippen LogP contribution in [0.2, 0.25) is 0 Å². The minimum Gasteiger partial charge on any atom is -0.423 e. The smallest absolute Gasteiger partial charge is 0.346 e. The van der Waals surface area contributed by atoms with Crippen molar-refractivity contribution < 1.29 is 22.7 Å². The summed E-state index contributed by atoms with van der Waals surface area (Å²) >= 11 is 0. The number of esters is 1. The standard InChI is InChI=1S/C29H23F3O2/c1-3-4-19-6-8-21(9-7-19)24-15-16-25(28(32)27(24)31)29(33)34-22-12-10-20(11-13-22)23-14-5-18(2)17-26(23)30/h5-17H,3-4H2,1-2H3. The van der Waals surface area contributed by atoms with Gasteiger partial charge in [0.15, 0.2) is 11.6 Å². The van der Waals surface area contributed by atoms with Gasteiger partial charge in [-0.2, -0.15) is 0 Å². The molecule has 2 nitrogen and oxygen atoms in total. The van der Waals surface area contributed by atoms with Gasteiger partial charge in [0.1, 0.15) is 11.6 Å². The van der Waals surface area contributed by atoms with E-state index in [4.69, 9.17) is 4.74 Å². The van der Waals surface area contributed by atoms with Gasteiger partial charge in [0.25, 0.3) is 0 Å². The predicted molar refractivity (Wildman–Crippen MR) is 127 cm³/mol. The van der Waals surface area contributed by atoms with Gasteiger partial charge in [-0.1, -0.05) is 67.9 Å². The van der Waals surface area contributed by atoms with E-state index in [-0.39, 0.29) is 17.1 Å². The number of hydrogen-bond acceptors (Lipinski definition) is 2. The molecule has 4 rings (SSSR count). The van der Waals surface area contributed by atoms with Gasteiger partial charge in [-0.05, 0) is 59.9 Å². The quantitative estimate of drug-likeness (QED) is 0.216. The second kappa shape index (κ2) is 9.96. The van der Waals surface area contributed by atoms with Crippen LogP contribution in [0.1, 0.15) is 34.8 Å². The van der Waals surface area contributed by atoms with Crippen LogP contribution in [0.25, 0.3) is 22.3 Å². The van der Waals surface area contributed by atoms with Gasteiger partial charge in [0, 0.05) is 11.1 Å². The molecule has 0 spiro atoms. The van der Waals surface area contributed by atoms with Crippen LogP contribution in [0.5, 0.6) is 5.75 Å². The fourth-order valence-corrected chi connectivity index (χ4v) is 3.79. The lowest BCUT2D eigenvalue weighted by molar-refractivity contribution is 0.0728. The molecule has 0 fully saturated rings. The highest BCUT2D eigenvalue weighted by Crippen LogP contribution is 2.29. The molecule has 5 heteroatoms. The third kappa shape index (κ3) is 4.88. The Morgan fingerprint density at radius 3 is 2.03 bits per heavy atom. The average Bonchev–Trinajstić information content (AvgIpc) is 2.82. The maximum absolute atomic E-state index is 14.8. The lowest BCUT2D eigenvalue weighted by Gasteiger charge is -2.10. The van der Waals surface area contributed by atoms with E-state index in [0.717, 1.165) is 24.0 Å². The van der Waals surface area contributed by atoms with Gasteiger partial charge in [-0.3, -0.25) is 0 Å². The lowest BCUT2D eigenvalue weighted by atomic mass is 10.00. The van der Waals surface area contributed by atoms with E-state index in [1.54, 1.807) is 43.3 Å². The van der Waals surface area contributed by atoms with E-state index in [0.29, 0.717) is 16.7 Å². The van der Waals surface area contributed by atoms with Crippen molar-refractivity contribution in [2.75, 3.05) is 0 Å². The van der Waals surface area contributed by atoms with Crippen LogP contribution in [-0.4, -0.2) is 5.97 Å². The van der Waals surface area contributed by atoms with E-state index in [1.165, 1.54) is 30.3 Å². The maximum Gasteiger partial charge on any atom is 0.346 e. The molecule has 0 heterocycles. The summed E-state index contributed by atoms with van der Waals surface area (Å²) in [6.07, 6.45) is 1.90. The topological polar surface area (TPSA) is 26.3 Å². The highest BCUT2D eigenvalue weighted by Gasteiger charge is 2.21. The first-order chi connectivity index (χ1) is 16.4. The van der Waals surface area contributed by atoms with Crippen LogP contribution in [0.3, 0.4) is 0 Å². The second-order valence-corrected chi connectivity index (χ2v) is 8.13. The molecule has 4 aromatic rings. The zero-order valence-electron chi connectivity index (χ0n) is 18.9. The van der Waals surface area contributed by atoms with Crippen molar-refractivity contribution in [3.05, 3.63) is 113 Å². The average molecular weight is 460 g/mol. The second-order valence-electron chi connectivity index (χ2n) is 8.13. The number of rotatable bonds is 6. The molecule has 0 saturated carbocycles. The summed E-state index contributed by atoms with van der Waals surface area (Å²) in [5.41, 5.74) is 3.02. The minimum absolute atomic E-state index is 0.0709. The minimum atomic E-state index is -1.27. The lowest BCUT2D eigenvalue weighted by Crippen LogP contribution is -2.12. The molecule has 0 unspecified atom stereocenters. The fourth-order valence-electron chi connectivity index (χ4n) is 3.79. The molecular formula is C29H23F3O2. The molecule has 0 N–H and O–H groups in total. The molecule has 172 valence electrons. The Balaban J connectivity index is 1.52. The number of carbonyl (C=O) groups excluding carboxylic acids is 1. The normalized spacial score (nSPS) is 10.9. The monoisotopic (exact) mass is 460 g/mol. The molecule has 0 aliphatic heterocycles. The third-order valence-corrected chi connectivity index (χ3v) is 5.61. The Kier molecular flexibility index (Phi) is 6.82. The molecule has 34 heavy (non-hydrogen) atoms. The molecule has 0 atom stereocenters. The van der Waals surface area contributed by atoms with Crippen LogP contribution in [-0.2, 0) is 6.42 Å². The molecular weight excluding hydrogens is 437 g/mol. The van der Waals surface area contributed by atoms with Gasteiger partial charge in [0.05, 0.1) is 5.56 Å². The van der Waals surface area contributed by atoms with Gasteiger partial charge in [-0.15, -0.1) is 0 Å². The van der Waals surface area contributed by atoms with E-state index in [9.17, 15) is 18.0 Å². The number of carbonyl (C=O) groups is 1. The predicted octanol–water partition coefficient (Wildman–Crippen LogP) is 7.92. The fraction of sp³-hybridized carbons (Fsp3) is 0.138. The molecule has 0 aliphatic rings. The van der Waals surface area contributed by atoms with Crippen molar-refractivity contribution in [1.82, 2.24) is 0 Å². The van der Waals surface area contributed by atoms with Gasteiger partial charge >= 0.3 is 5.97 Å². The Bertz CT molecular complexity index is 1330. The molecule has 4 aromatic carbocycles. The number of ether oxygens (including phenoxy) is 1. The number of hydrogen-bond donors (Lipinski definition) is 0. The summed E-state index contributed by atoms with van der Waals surface area (Å²) in [5.74, 6) is -3.61. The highest BCUT2D eigenvalue weighted by molar-refractivity contribution is 5.92. The summed E-state index contributed by atoms with van der Waals surface area (Å²) in [6.45, 7) is 3.87. The van der Waals surface area contributed by atoms with Crippen LogP contribution in [0.15, 0.2) is 78.9 Å². The summed E-state index contributed by atoms with van der Waals surface area (Å²) in [6, 6.07) is 20.9. The van der Waals surface area contributed by atoms with E-state index in [1.807, 2.05) is 12.1 Å². The highest BCUT2D eigenvalue weighted by atomic mass is 19.2. The Morgan fingerprint density at radius 1 is 0.765 bits per heavy atom. The van der Waals surface area contributed by atoms with Crippen molar-refractivity contribution in [3.63, 3.8) is 0 Å². The molecule has 0 aliphatic carbocycles. The van der Waals surface area contributed by atoms with Gasteiger partial charge in [-0.25, -0.2) is 18.0 Å². The van der Waals surface area contributed by atoms with Gasteiger partial charge in [0.2, 0.25) is 0 Å².